The van der Waals surface area contributed by atoms with E-state index in [1.807, 2.05) is 74.7 Å². The summed E-state index contributed by atoms with van der Waals surface area (Å²) >= 11 is 5.38. The van der Waals surface area contributed by atoms with Crippen LogP contribution in [0.3, 0.4) is 0 Å². The van der Waals surface area contributed by atoms with E-state index in [0.717, 1.165) is 11.3 Å². The van der Waals surface area contributed by atoms with Gasteiger partial charge in [0.25, 0.3) is 0 Å². The third kappa shape index (κ3) is 5.14. The van der Waals surface area contributed by atoms with Gasteiger partial charge in [-0.25, -0.2) is 4.98 Å². The van der Waals surface area contributed by atoms with Crippen LogP contribution in [-0.2, 0) is 16.8 Å². The van der Waals surface area contributed by atoms with Crippen LogP contribution < -0.4 is 10.1 Å². The maximum Gasteiger partial charge on any atom is 0.226 e. The summed E-state index contributed by atoms with van der Waals surface area (Å²) in [6, 6.07) is 13.1. The zero-order chi connectivity index (χ0) is 23.6. The van der Waals surface area contributed by atoms with E-state index >= 15 is 0 Å². The van der Waals surface area contributed by atoms with E-state index in [-0.39, 0.29) is 17.7 Å². The third-order valence-corrected chi connectivity index (χ3v) is 5.37. The normalized spacial score (nSPS) is 11.6. The Kier molecular flexibility index (Phi) is 6.33. The molecule has 4 rings (SSSR count). The number of rotatable bonds is 7. The Hall–Kier alpha value is -3.46. The topological polar surface area (TPSA) is 98.0 Å². The largest absolute Gasteiger partial charge is 0.494 e. The van der Waals surface area contributed by atoms with E-state index in [9.17, 15) is 4.79 Å². The number of oxazole rings is 1. The van der Waals surface area contributed by atoms with Crippen LogP contribution in [-0.4, -0.2) is 32.3 Å². The Balaban J connectivity index is 1.44. The number of carbonyl (C=O) groups is 1. The van der Waals surface area contributed by atoms with Crippen LogP contribution in [0, 0.1) is 4.77 Å². The number of aromatic amines is 1. The predicted octanol–water partition coefficient (Wildman–Crippen LogP) is 5.47. The highest BCUT2D eigenvalue weighted by atomic mass is 32.1. The third-order valence-electron chi connectivity index (χ3n) is 5.06. The van der Waals surface area contributed by atoms with Gasteiger partial charge in [-0.2, -0.15) is 5.10 Å². The molecule has 0 unspecified atom stereocenters. The second kappa shape index (κ2) is 9.19. The summed E-state index contributed by atoms with van der Waals surface area (Å²) in [7, 11) is 0. The number of H-pyrrole nitrogens is 1. The molecule has 0 aliphatic carbocycles. The molecule has 2 aromatic heterocycles. The predicted molar refractivity (Wildman–Crippen MR) is 130 cm³/mol. The Labute approximate surface area is 197 Å². The average Bonchev–Trinajstić information content (AvgIpc) is 3.36. The Morgan fingerprint density at radius 3 is 2.67 bits per heavy atom. The van der Waals surface area contributed by atoms with Crippen LogP contribution in [0.15, 0.2) is 46.9 Å². The molecule has 0 saturated heterocycles. The highest BCUT2D eigenvalue weighted by Gasteiger charge is 2.21. The number of hydrogen-bond donors (Lipinski definition) is 2. The lowest BCUT2D eigenvalue weighted by atomic mass is 9.97. The maximum atomic E-state index is 12.6. The van der Waals surface area contributed by atoms with E-state index in [0.29, 0.717) is 46.4 Å². The summed E-state index contributed by atoms with van der Waals surface area (Å²) in [5, 5.41) is 10.1. The first-order valence-corrected chi connectivity index (χ1v) is 11.2. The summed E-state index contributed by atoms with van der Waals surface area (Å²) in [6.07, 6.45) is 0.238. The zero-order valence-corrected chi connectivity index (χ0v) is 20.0. The summed E-state index contributed by atoms with van der Waals surface area (Å²) in [5.41, 5.74) is 2.78. The van der Waals surface area contributed by atoms with E-state index in [2.05, 4.69) is 20.5 Å². The minimum absolute atomic E-state index is 0.130. The van der Waals surface area contributed by atoms with Gasteiger partial charge in [-0.15, -0.1) is 0 Å². The van der Waals surface area contributed by atoms with Gasteiger partial charge in [0.2, 0.25) is 11.8 Å². The van der Waals surface area contributed by atoms with Gasteiger partial charge in [0.15, 0.2) is 16.2 Å². The van der Waals surface area contributed by atoms with Crippen molar-refractivity contribution in [3.05, 3.63) is 53.1 Å². The fraction of sp³-hybridized carbons (Fsp3) is 0.333. The smallest absolute Gasteiger partial charge is 0.226 e. The van der Waals surface area contributed by atoms with E-state index in [4.69, 9.17) is 21.4 Å². The Bertz CT molecular complexity index is 1330. The molecular weight excluding hydrogens is 438 g/mol. The number of benzene rings is 2. The molecule has 0 aliphatic heterocycles. The number of amides is 1. The molecule has 8 nitrogen and oxygen atoms in total. The Morgan fingerprint density at radius 1 is 1.21 bits per heavy atom. The molecule has 0 radical (unpaired) electrons. The number of fused-ring (bicyclic) bond motifs is 1. The van der Waals surface area contributed by atoms with Crippen molar-refractivity contribution >= 4 is 34.9 Å². The first kappa shape index (κ1) is 22.7. The summed E-state index contributed by atoms with van der Waals surface area (Å²) in [4.78, 5) is 17.2. The number of ether oxygens (including phenoxy) is 1. The number of hydrogen-bond acceptors (Lipinski definition) is 6. The molecule has 0 atom stereocenters. The lowest BCUT2D eigenvalue weighted by Gasteiger charge is -2.11. The fourth-order valence-corrected chi connectivity index (χ4v) is 3.60. The molecule has 4 aromatic rings. The number of nitrogens with one attached hydrogen (secondary N) is 2. The van der Waals surface area contributed by atoms with Crippen molar-refractivity contribution < 1.29 is 13.9 Å². The average molecular weight is 466 g/mol. The standard InChI is InChI=1S/C24H27N5O3S/c1-5-31-17-9-6-15(7-10-17)21-27-28-23(33)29(21)13-12-20(30)25-16-8-11-19-18(14-16)26-22(32-19)24(2,3)4/h6-11,14H,5,12-13H2,1-4H3,(H,25,30)(H,28,33). The van der Waals surface area contributed by atoms with Crippen LogP contribution in [0.25, 0.3) is 22.5 Å². The molecule has 2 N–H and O–H groups in total. The number of aromatic nitrogens is 4. The van der Waals surface area contributed by atoms with Gasteiger partial charge in [-0.1, -0.05) is 20.8 Å². The van der Waals surface area contributed by atoms with Crippen LogP contribution in [0.1, 0.15) is 40.0 Å². The van der Waals surface area contributed by atoms with Crippen molar-refractivity contribution in [3.8, 4) is 17.1 Å². The molecule has 172 valence electrons. The first-order valence-electron chi connectivity index (χ1n) is 10.8. The highest BCUT2D eigenvalue weighted by Crippen LogP contribution is 2.27. The minimum atomic E-state index is -0.187. The van der Waals surface area contributed by atoms with Crippen molar-refractivity contribution in [2.45, 2.75) is 46.1 Å². The van der Waals surface area contributed by atoms with Crippen molar-refractivity contribution in [2.75, 3.05) is 11.9 Å². The number of carbonyl (C=O) groups excluding carboxylic acids is 1. The van der Waals surface area contributed by atoms with Gasteiger partial charge in [0.05, 0.1) is 6.61 Å². The highest BCUT2D eigenvalue weighted by molar-refractivity contribution is 7.71. The number of anilines is 1. The molecular formula is C24H27N5O3S. The SMILES string of the molecule is CCOc1ccc(-c2n[nH]c(=S)n2CCC(=O)Nc2ccc3oc(C(C)(C)C)nc3c2)cc1. The van der Waals surface area contributed by atoms with Crippen molar-refractivity contribution in [1.29, 1.82) is 0 Å². The van der Waals surface area contributed by atoms with Gasteiger partial charge in [0.1, 0.15) is 11.3 Å². The van der Waals surface area contributed by atoms with Crippen LogP contribution >= 0.6 is 12.2 Å². The second-order valence-corrected chi connectivity index (χ2v) is 9.10. The molecule has 0 spiro atoms. The molecule has 1 amide bonds. The first-order chi connectivity index (χ1) is 15.7. The van der Waals surface area contributed by atoms with Gasteiger partial charge in [-0.05, 0) is 61.6 Å². The zero-order valence-electron chi connectivity index (χ0n) is 19.1. The maximum absolute atomic E-state index is 12.6. The molecule has 2 heterocycles. The quantitative estimate of drug-likeness (QED) is 0.351. The van der Waals surface area contributed by atoms with E-state index in [1.165, 1.54) is 0 Å². The van der Waals surface area contributed by atoms with Crippen molar-refractivity contribution in [2.24, 2.45) is 0 Å². The van der Waals surface area contributed by atoms with Crippen LogP contribution in [0.5, 0.6) is 5.75 Å². The lowest BCUT2D eigenvalue weighted by molar-refractivity contribution is -0.116. The molecule has 0 bridgehead atoms. The molecule has 0 saturated carbocycles. The van der Waals surface area contributed by atoms with Crippen molar-refractivity contribution in [1.82, 2.24) is 19.7 Å². The summed E-state index contributed by atoms with van der Waals surface area (Å²) in [6.45, 7) is 9.07. The monoisotopic (exact) mass is 465 g/mol. The lowest BCUT2D eigenvalue weighted by Crippen LogP contribution is -2.15. The molecule has 9 heteroatoms. The minimum Gasteiger partial charge on any atom is -0.494 e. The summed E-state index contributed by atoms with van der Waals surface area (Å²) in [5.74, 6) is 2.00. The van der Waals surface area contributed by atoms with Gasteiger partial charge >= 0.3 is 0 Å². The molecule has 33 heavy (non-hydrogen) atoms. The fourth-order valence-electron chi connectivity index (χ4n) is 3.38. The van der Waals surface area contributed by atoms with Crippen LogP contribution in [0.4, 0.5) is 5.69 Å². The molecule has 0 fully saturated rings. The van der Waals surface area contributed by atoms with Gasteiger partial charge in [0, 0.05) is 29.6 Å². The summed E-state index contributed by atoms with van der Waals surface area (Å²) < 4.78 is 13.6. The van der Waals surface area contributed by atoms with Crippen molar-refractivity contribution in [3.63, 3.8) is 0 Å². The van der Waals surface area contributed by atoms with Gasteiger partial charge in [-0.3, -0.25) is 14.5 Å². The molecule has 2 aromatic carbocycles. The number of nitrogens with zero attached hydrogens (tertiary/aromatic N) is 3. The Morgan fingerprint density at radius 2 is 1.97 bits per heavy atom. The van der Waals surface area contributed by atoms with Gasteiger partial charge < -0.3 is 14.5 Å². The molecule has 0 aliphatic rings. The van der Waals surface area contributed by atoms with Crippen LogP contribution in [0.2, 0.25) is 0 Å². The van der Waals surface area contributed by atoms with E-state index < -0.39 is 0 Å². The van der Waals surface area contributed by atoms with E-state index in [1.54, 1.807) is 0 Å². The second-order valence-electron chi connectivity index (χ2n) is 8.71.